The van der Waals surface area contributed by atoms with Crippen molar-refractivity contribution in [3.8, 4) is 0 Å². The topological polar surface area (TPSA) is 71.1 Å². The van der Waals surface area contributed by atoms with E-state index in [9.17, 15) is 0 Å². The molecule has 114 valence electrons. The molecule has 0 aliphatic rings. The molecule has 0 radical (unpaired) electrons. The minimum Gasteiger partial charge on any atom is -0.409 e. The van der Waals surface area contributed by atoms with E-state index in [1.807, 2.05) is 0 Å². The Morgan fingerprint density at radius 2 is 1.84 bits per heavy atom. The van der Waals surface area contributed by atoms with Crippen molar-refractivity contribution in [3.05, 3.63) is 0 Å². The molecule has 5 nitrogen and oxygen atoms in total. The summed E-state index contributed by atoms with van der Waals surface area (Å²) in [5.41, 5.74) is 5.50. The molecule has 0 bridgehead atoms. The second-order valence-corrected chi connectivity index (χ2v) is 5.83. The fourth-order valence-corrected chi connectivity index (χ4v) is 1.75. The van der Waals surface area contributed by atoms with Crippen molar-refractivity contribution >= 4 is 5.84 Å². The fourth-order valence-electron chi connectivity index (χ4n) is 1.75. The van der Waals surface area contributed by atoms with Crippen LogP contribution in [0.3, 0.4) is 0 Å². The van der Waals surface area contributed by atoms with Crippen molar-refractivity contribution in [3.63, 3.8) is 0 Å². The molecule has 0 aromatic carbocycles. The number of ether oxygens (including phenoxy) is 1. The zero-order valence-corrected chi connectivity index (χ0v) is 12.9. The highest BCUT2D eigenvalue weighted by atomic mass is 16.5. The largest absolute Gasteiger partial charge is 0.409 e. The van der Waals surface area contributed by atoms with Gasteiger partial charge in [-0.1, -0.05) is 32.9 Å². The second-order valence-electron chi connectivity index (χ2n) is 5.83. The van der Waals surface area contributed by atoms with Gasteiger partial charge in [0, 0.05) is 32.7 Å². The van der Waals surface area contributed by atoms with Gasteiger partial charge >= 0.3 is 0 Å². The van der Waals surface area contributed by atoms with Gasteiger partial charge in [-0.2, -0.15) is 0 Å². The van der Waals surface area contributed by atoms with E-state index in [4.69, 9.17) is 15.7 Å². The molecule has 5 heteroatoms. The first-order valence-electron chi connectivity index (χ1n) is 7.22. The molecule has 3 N–H and O–H groups in total. The molecule has 0 fully saturated rings. The molecule has 0 aromatic heterocycles. The van der Waals surface area contributed by atoms with Crippen molar-refractivity contribution in [1.29, 1.82) is 0 Å². The highest BCUT2D eigenvalue weighted by Gasteiger charge is 2.08. The van der Waals surface area contributed by atoms with Crippen molar-refractivity contribution in [2.24, 2.45) is 22.7 Å². The zero-order chi connectivity index (χ0) is 14.7. The first kappa shape index (κ1) is 18.2. The van der Waals surface area contributed by atoms with Crippen molar-refractivity contribution in [1.82, 2.24) is 4.90 Å². The van der Waals surface area contributed by atoms with Gasteiger partial charge in [0.25, 0.3) is 0 Å². The Morgan fingerprint density at radius 3 is 2.37 bits per heavy atom. The lowest BCUT2D eigenvalue weighted by atomic mass is 10.1. The van der Waals surface area contributed by atoms with Crippen LogP contribution in [0.15, 0.2) is 5.16 Å². The Morgan fingerprint density at radius 1 is 1.16 bits per heavy atom. The highest BCUT2D eigenvalue weighted by Crippen LogP contribution is 2.02. The van der Waals surface area contributed by atoms with Crippen LogP contribution in [0.2, 0.25) is 0 Å². The summed E-state index contributed by atoms with van der Waals surface area (Å²) in [6.07, 6.45) is 1.70. The summed E-state index contributed by atoms with van der Waals surface area (Å²) in [7, 11) is 0. The molecule has 19 heavy (non-hydrogen) atoms. The Labute approximate surface area is 117 Å². The molecule has 0 unspecified atom stereocenters. The van der Waals surface area contributed by atoms with E-state index in [0.717, 1.165) is 39.3 Å². The van der Waals surface area contributed by atoms with E-state index in [1.165, 1.54) is 0 Å². The Kier molecular flexibility index (Phi) is 10.6. The molecule has 0 aliphatic heterocycles. The second kappa shape index (κ2) is 11.1. The first-order chi connectivity index (χ1) is 8.95. The maximum atomic E-state index is 8.55. The van der Waals surface area contributed by atoms with E-state index >= 15 is 0 Å². The van der Waals surface area contributed by atoms with E-state index in [1.54, 1.807) is 0 Å². The monoisotopic (exact) mass is 273 g/mol. The van der Waals surface area contributed by atoms with E-state index < -0.39 is 0 Å². The molecule has 0 spiro atoms. The SMILES string of the molecule is CC(C)CCOCCN(CCC(N)=NO)CC(C)C. The smallest absolute Gasteiger partial charge is 0.140 e. The molecule has 0 amide bonds. The number of nitrogens with zero attached hydrogens (tertiary/aromatic N) is 2. The average Bonchev–Trinajstić information content (AvgIpc) is 2.33. The molecule has 0 rings (SSSR count). The fraction of sp³-hybridized carbons (Fsp3) is 0.929. The lowest BCUT2D eigenvalue weighted by Crippen LogP contribution is -2.34. The number of rotatable bonds is 11. The summed E-state index contributed by atoms with van der Waals surface area (Å²) >= 11 is 0. The third kappa shape index (κ3) is 12.0. The van der Waals surface area contributed by atoms with Crippen LogP contribution in [0.25, 0.3) is 0 Å². The van der Waals surface area contributed by atoms with E-state index in [-0.39, 0.29) is 5.84 Å². The van der Waals surface area contributed by atoms with Gasteiger partial charge in [0.15, 0.2) is 0 Å². The normalized spacial score (nSPS) is 12.9. The quantitative estimate of drug-likeness (QED) is 0.199. The number of hydrogen-bond donors (Lipinski definition) is 2. The van der Waals surface area contributed by atoms with Gasteiger partial charge in [-0.05, 0) is 18.3 Å². The Balaban J connectivity index is 3.86. The van der Waals surface area contributed by atoms with Crippen molar-refractivity contribution in [2.75, 3.05) is 32.8 Å². The highest BCUT2D eigenvalue weighted by molar-refractivity contribution is 5.79. The van der Waals surface area contributed by atoms with Gasteiger partial charge < -0.3 is 20.6 Å². The van der Waals surface area contributed by atoms with Crippen LogP contribution >= 0.6 is 0 Å². The predicted molar refractivity (Wildman–Crippen MR) is 79.6 cm³/mol. The lowest BCUT2D eigenvalue weighted by molar-refractivity contribution is 0.0931. The van der Waals surface area contributed by atoms with Crippen LogP contribution in [0.5, 0.6) is 0 Å². The molecule has 0 atom stereocenters. The maximum Gasteiger partial charge on any atom is 0.140 e. The summed E-state index contributed by atoms with van der Waals surface area (Å²) in [6.45, 7) is 13.1. The van der Waals surface area contributed by atoms with Gasteiger partial charge in [0.2, 0.25) is 0 Å². The van der Waals surface area contributed by atoms with Crippen LogP contribution in [0, 0.1) is 11.8 Å². The summed E-state index contributed by atoms with van der Waals surface area (Å²) in [4.78, 5) is 2.30. The summed E-state index contributed by atoms with van der Waals surface area (Å²) in [5, 5.41) is 11.6. The Bertz CT molecular complexity index is 243. The summed E-state index contributed by atoms with van der Waals surface area (Å²) in [5.74, 6) is 1.57. The van der Waals surface area contributed by atoms with Gasteiger partial charge in [-0.15, -0.1) is 0 Å². The van der Waals surface area contributed by atoms with Crippen LogP contribution < -0.4 is 5.73 Å². The third-order valence-electron chi connectivity index (χ3n) is 2.83. The number of amidine groups is 1. The van der Waals surface area contributed by atoms with Gasteiger partial charge in [0.1, 0.15) is 5.84 Å². The molecular formula is C14H31N3O2. The predicted octanol–water partition coefficient (Wildman–Crippen LogP) is 2.14. The van der Waals surface area contributed by atoms with Crippen LogP contribution in [0.1, 0.15) is 40.5 Å². The van der Waals surface area contributed by atoms with E-state index in [0.29, 0.717) is 18.3 Å². The summed E-state index contributed by atoms with van der Waals surface area (Å²) < 4.78 is 5.64. The Hall–Kier alpha value is -0.810. The maximum absolute atomic E-state index is 8.55. The van der Waals surface area contributed by atoms with E-state index in [2.05, 4.69) is 37.8 Å². The standard InChI is InChI=1S/C14H31N3O2/c1-12(2)6-9-19-10-8-17(11-13(3)4)7-5-14(15)16-18/h12-13,18H,5-11H2,1-4H3,(H2,15,16). The number of oxime groups is 1. The van der Waals surface area contributed by atoms with Gasteiger partial charge in [-0.25, -0.2) is 0 Å². The third-order valence-corrected chi connectivity index (χ3v) is 2.83. The zero-order valence-electron chi connectivity index (χ0n) is 12.9. The molecular weight excluding hydrogens is 242 g/mol. The molecule has 0 aromatic rings. The molecule has 0 saturated heterocycles. The van der Waals surface area contributed by atoms with Crippen LogP contribution in [-0.2, 0) is 4.74 Å². The first-order valence-corrected chi connectivity index (χ1v) is 7.22. The van der Waals surface area contributed by atoms with Gasteiger partial charge in [0.05, 0.1) is 6.61 Å². The summed E-state index contributed by atoms with van der Waals surface area (Å²) in [6, 6.07) is 0. The number of nitrogens with two attached hydrogens (primary N) is 1. The lowest BCUT2D eigenvalue weighted by Gasteiger charge is -2.24. The number of hydrogen-bond acceptors (Lipinski definition) is 4. The van der Waals surface area contributed by atoms with Gasteiger partial charge in [-0.3, -0.25) is 0 Å². The molecule has 0 heterocycles. The molecule has 0 saturated carbocycles. The minimum absolute atomic E-state index is 0.287. The molecule has 0 aliphatic carbocycles. The van der Waals surface area contributed by atoms with Crippen molar-refractivity contribution in [2.45, 2.75) is 40.5 Å². The average molecular weight is 273 g/mol. The van der Waals surface area contributed by atoms with Crippen LogP contribution in [0.4, 0.5) is 0 Å². The van der Waals surface area contributed by atoms with Crippen molar-refractivity contribution < 1.29 is 9.94 Å². The van der Waals surface area contributed by atoms with Crippen LogP contribution in [-0.4, -0.2) is 48.8 Å². The minimum atomic E-state index is 0.287.